The second kappa shape index (κ2) is 7.12. The number of rotatable bonds is 4. The van der Waals surface area contributed by atoms with Gasteiger partial charge in [0.05, 0.1) is 12.5 Å². The molecule has 1 fully saturated rings. The summed E-state index contributed by atoms with van der Waals surface area (Å²) >= 11 is 0. The highest BCUT2D eigenvalue weighted by Crippen LogP contribution is 2.23. The average Bonchev–Trinajstić information content (AvgIpc) is 3.04. The molecule has 4 rings (SSSR count). The monoisotopic (exact) mass is 341 g/mol. The molecule has 2 aromatic rings. The zero-order valence-corrected chi connectivity index (χ0v) is 15.0. The fraction of sp³-hybridized carbons (Fsp3) is 0.632. The maximum absolute atomic E-state index is 12.2. The van der Waals surface area contributed by atoms with Crippen molar-refractivity contribution in [2.24, 2.45) is 5.92 Å². The lowest BCUT2D eigenvalue weighted by molar-refractivity contribution is 0.165. The second-order valence-corrected chi connectivity index (χ2v) is 7.55. The van der Waals surface area contributed by atoms with Crippen LogP contribution in [0.2, 0.25) is 0 Å². The largest absolute Gasteiger partial charge is 0.299 e. The minimum atomic E-state index is 0.101. The van der Waals surface area contributed by atoms with E-state index in [1.165, 1.54) is 30.5 Å². The van der Waals surface area contributed by atoms with E-state index < -0.39 is 0 Å². The summed E-state index contributed by atoms with van der Waals surface area (Å²) in [5.74, 6) is 0.568. The molecule has 0 N–H and O–H groups in total. The van der Waals surface area contributed by atoms with Crippen LogP contribution in [0, 0.1) is 12.8 Å². The van der Waals surface area contributed by atoms with Gasteiger partial charge in [0.1, 0.15) is 0 Å². The zero-order valence-electron chi connectivity index (χ0n) is 15.0. The summed E-state index contributed by atoms with van der Waals surface area (Å²) in [6.45, 7) is 6.93. The van der Waals surface area contributed by atoms with Crippen molar-refractivity contribution in [3.05, 3.63) is 45.9 Å². The van der Waals surface area contributed by atoms with Crippen molar-refractivity contribution in [2.75, 3.05) is 13.1 Å². The number of fused-ring (bicyclic) bond motifs is 1. The van der Waals surface area contributed by atoms with Crippen LogP contribution in [0.4, 0.5) is 0 Å². The molecule has 0 amide bonds. The van der Waals surface area contributed by atoms with Crippen LogP contribution >= 0.6 is 0 Å². The summed E-state index contributed by atoms with van der Waals surface area (Å²) in [5, 5.41) is 4.56. The second-order valence-electron chi connectivity index (χ2n) is 7.55. The number of aromatic nitrogens is 4. The van der Waals surface area contributed by atoms with Gasteiger partial charge in [-0.3, -0.25) is 18.9 Å². The topological polar surface area (TPSA) is 56.0 Å². The highest BCUT2D eigenvalue weighted by molar-refractivity contribution is 5.19. The molecule has 134 valence electrons. The Morgan fingerprint density at radius 1 is 1.16 bits per heavy atom. The zero-order chi connectivity index (χ0) is 17.2. The van der Waals surface area contributed by atoms with Crippen LogP contribution < -0.4 is 5.56 Å². The summed E-state index contributed by atoms with van der Waals surface area (Å²) in [4.78, 5) is 18.9. The minimum Gasteiger partial charge on any atom is -0.299 e. The Morgan fingerprint density at radius 2 is 2.00 bits per heavy atom. The lowest BCUT2D eigenvalue weighted by atomic mass is 9.96. The van der Waals surface area contributed by atoms with Crippen molar-refractivity contribution in [3.8, 4) is 0 Å². The van der Waals surface area contributed by atoms with Gasteiger partial charge in [-0.05, 0) is 58.0 Å². The van der Waals surface area contributed by atoms with Crippen LogP contribution in [0.3, 0.4) is 0 Å². The molecule has 6 nitrogen and oxygen atoms in total. The van der Waals surface area contributed by atoms with Crippen LogP contribution in [-0.4, -0.2) is 37.3 Å². The molecule has 0 spiro atoms. The van der Waals surface area contributed by atoms with E-state index in [-0.39, 0.29) is 5.56 Å². The Labute approximate surface area is 148 Å². The van der Waals surface area contributed by atoms with E-state index in [2.05, 4.69) is 25.9 Å². The smallest absolute Gasteiger partial charge is 0.256 e. The van der Waals surface area contributed by atoms with Gasteiger partial charge in [-0.25, -0.2) is 4.98 Å². The van der Waals surface area contributed by atoms with Crippen molar-refractivity contribution in [1.82, 2.24) is 24.2 Å². The lowest BCUT2D eigenvalue weighted by Gasteiger charge is -2.32. The van der Waals surface area contributed by atoms with Gasteiger partial charge in [-0.1, -0.05) is 0 Å². The highest BCUT2D eigenvalue weighted by Gasteiger charge is 2.22. The van der Waals surface area contributed by atoms with E-state index in [4.69, 9.17) is 0 Å². The molecule has 0 atom stereocenters. The molecule has 0 unspecified atom stereocenters. The van der Waals surface area contributed by atoms with Crippen LogP contribution in [-0.2, 0) is 26.1 Å². The first-order valence-corrected chi connectivity index (χ1v) is 9.47. The fourth-order valence-electron chi connectivity index (χ4n) is 4.15. The molecule has 2 aliphatic rings. The molecule has 4 heterocycles. The third kappa shape index (κ3) is 3.54. The quantitative estimate of drug-likeness (QED) is 0.853. The SMILES string of the molecule is Cc1cncn(CC2CCN(Cc3cnn4c3CCCC4)CC2)c1=O. The predicted molar refractivity (Wildman–Crippen MR) is 96.4 cm³/mol. The molecule has 0 aliphatic carbocycles. The molecule has 0 radical (unpaired) electrons. The van der Waals surface area contributed by atoms with Crippen molar-refractivity contribution >= 4 is 0 Å². The summed E-state index contributed by atoms with van der Waals surface area (Å²) in [6.07, 6.45) is 11.4. The van der Waals surface area contributed by atoms with E-state index in [1.54, 1.807) is 17.1 Å². The minimum absolute atomic E-state index is 0.101. The predicted octanol–water partition coefficient (Wildman–Crippen LogP) is 2.00. The van der Waals surface area contributed by atoms with Gasteiger partial charge in [-0.15, -0.1) is 0 Å². The number of aryl methyl sites for hydroxylation is 2. The summed E-state index contributed by atoms with van der Waals surface area (Å²) < 4.78 is 3.98. The van der Waals surface area contributed by atoms with Crippen molar-refractivity contribution in [1.29, 1.82) is 0 Å². The fourth-order valence-corrected chi connectivity index (χ4v) is 4.15. The van der Waals surface area contributed by atoms with Crippen LogP contribution in [0.5, 0.6) is 0 Å². The number of hydrogen-bond donors (Lipinski definition) is 0. The van der Waals surface area contributed by atoms with E-state index in [9.17, 15) is 4.79 Å². The van der Waals surface area contributed by atoms with Gasteiger partial charge in [0.25, 0.3) is 5.56 Å². The van der Waals surface area contributed by atoms with Gasteiger partial charge >= 0.3 is 0 Å². The third-order valence-corrected chi connectivity index (χ3v) is 5.70. The maximum Gasteiger partial charge on any atom is 0.256 e. The molecule has 2 aliphatic heterocycles. The standard InChI is InChI=1S/C19H27N5O/c1-15-10-20-14-23(19(15)25)12-16-5-8-22(9-6-16)13-17-11-21-24-7-3-2-4-18(17)24/h10-11,14,16H,2-9,12-13H2,1H3. The molecule has 0 saturated carbocycles. The van der Waals surface area contributed by atoms with Crippen LogP contribution in [0.15, 0.2) is 23.5 Å². The van der Waals surface area contributed by atoms with Gasteiger partial charge in [-0.2, -0.15) is 5.10 Å². The third-order valence-electron chi connectivity index (χ3n) is 5.70. The first-order chi connectivity index (χ1) is 12.2. The Morgan fingerprint density at radius 3 is 2.84 bits per heavy atom. The lowest BCUT2D eigenvalue weighted by Crippen LogP contribution is -2.36. The van der Waals surface area contributed by atoms with Crippen LogP contribution in [0.25, 0.3) is 0 Å². The molecule has 0 aromatic carbocycles. The van der Waals surface area contributed by atoms with Crippen molar-refractivity contribution in [2.45, 2.75) is 58.7 Å². The molecule has 2 aromatic heterocycles. The number of hydrogen-bond acceptors (Lipinski definition) is 4. The van der Waals surface area contributed by atoms with Crippen LogP contribution in [0.1, 0.15) is 42.5 Å². The Balaban J connectivity index is 1.33. The van der Waals surface area contributed by atoms with Gasteiger partial charge in [0, 0.05) is 42.7 Å². The van der Waals surface area contributed by atoms with Crippen molar-refractivity contribution < 1.29 is 0 Å². The highest BCUT2D eigenvalue weighted by atomic mass is 16.1. The molecular formula is C19H27N5O. The van der Waals surface area contributed by atoms with Gasteiger partial charge < -0.3 is 0 Å². The number of likely N-dealkylation sites (tertiary alicyclic amines) is 1. The average molecular weight is 341 g/mol. The van der Waals surface area contributed by atoms with Gasteiger partial charge in [0.15, 0.2) is 0 Å². The summed E-state index contributed by atoms with van der Waals surface area (Å²) in [7, 11) is 0. The van der Waals surface area contributed by atoms with Crippen molar-refractivity contribution in [3.63, 3.8) is 0 Å². The Kier molecular flexibility index (Phi) is 4.70. The van der Waals surface area contributed by atoms with E-state index in [0.29, 0.717) is 5.92 Å². The first-order valence-electron chi connectivity index (χ1n) is 9.47. The molecular weight excluding hydrogens is 314 g/mol. The molecule has 6 heteroatoms. The molecule has 1 saturated heterocycles. The summed E-state index contributed by atoms with van der Waals surface area (Å²) in [5.41, 5.74) is 3.69. The van der Waals surface area contributed by atoms with E-state index in [1.807, 2.05) is 6.92 Å². The number of piperidine rings is 1. The first kappa shape index (κ1) is 16.5. The molecule has 25 heavy (non-hydrogen) atoms. The Hall–Kier alpha value is -1.95. The van der Waals surface area contributed by atoms with E-state index in [0.717, 1.165) is 51.1 Å². The summed E-state index contributed by atoms with van der Waals surface area (Å²) in [6, 6.07) is 0. The number of nitrogens with zero attached hydrogens (tertiary/aromatic N) is 5. The van der Waals surface area contributed by atoms with Gasteiger partial charge in [0.2, 0.25) is 0 Å². The van der Waals surface area contributed by atoms with E-state index >= 15 is 0 Å². The molecule has 0 bridgehead atoms. The Bertz CT molecular complexity index is 785. The maximum atomic E-state index is 12.2. The normalized spacial score (nSPS) is 19.1.